The Labute approximate surface area is 230 Å². The van der Waals surface area contributed by atoms with Crippen LogP contribution in [0, 0.1) is 5.92 Å². The number of rotatable bonds is 8. The molecule has 1 fully saturated rings. The summed E-state index contributed by atoms with van der Waals surface area (Å²) in [6.07, 6.45) is 2.74. The highest BCUT2D eigenvalue weighted by Gasteiger charge is 2.25. The molecule has 1 N–H and O–H groups in total. The van der Waals surface area contributed by atoms with E-state index in [1.165, 1.54) is 17.7 Å². The molecule has 3 aromatic carbocycles. The molecular weight excluding hydrogens is 580 g/mol. The number of ether oxygens (including phenoxy) is 1. The molecule has 10 heteroatoms. The number of halogens is 2. The van der Waals surface area contributed by atoms with E-state index in [4.69, 9.17) is 16.3 Å². The van der Waals surface area contributed by atoms with Crippen molar-refractivity contribution in [3.63, 3.8) is 0 Å². The second kappa shape index (κ2) is 12.1. The van der Waals surface area contributed by atoms with Gasteiger partial charge in [-0.25, -0.2) is 13.2 Å². The van der Waals surface area contributed by atoms with Crippen LogP contribution in [-0.2, 0) is 26.0 Å². The third kappa shape index (κ3) is 7.34. The zero-order chi connectivity index (χ0) is 26.4. The number of carbonyl (C=O) groups excluding carboxylic acids is 2. The number of piperidine rings is 1. The van der Waals surface area contributed by atoms with Crippen LogP contribution in [0.1, 0.15) is 28.8 Å². The summed E-state index contributed by atoms with van der Waals surface area (Å²) >= 11 is 9.45. The fourth-order valence-electron chi connectivity index (χ4n) is 4.19. The first-order valence-corrected chi connectivity index (χ1v) is 14.4. The van der Waals surface area contributed by atoms with E-state index >= 15 is 0 Å². The largest absolute Gasteiger partial charge is 0.452 e. The first-order valence-electron chi connectivity index (χ1n) is 11.8. The lowest BCUT2D eigenvalue weighted by Crippen LogP contribution is -2.41. The van der Waals surface area contributed by atoms with Crippen molar-refractivity contribution in [2.24, 2.45) is 5.92 Å². The maximum Gasteiger partial charge on any atom is 0.340 e. The Morgan fingerprint density at radius 2 is 1.68 bits per heavy atom. The third-order valence-corrected chi connectivity index (χ3v) is 8.46. The molecule has 0 atom stereocenters. The van der Waals surface area contributed by atoms with E-state index in [0.717, 1.165) is 29.8 Å². The Hall–Kier alpha value is -2.88. The van der Waals surface area contributed by atoms with E-state index in [1.807, 2.05) is 18.2 Å². The Balaban J connectivity index is 1.32. The van der Waals surface area contributed by atoms with Gasteiger partial charge in [0.15, 0.2) is 6.61 Å². The van der Waals surface area contributed by atoms with Gasteiger partial charge in [0.1, 0.15) is 0 Å². The monoisotopic (exact) mass is 604 g/mol. The normalized spacial score (nSPS) is 14.3. The SMILES string of the molecule is O=C(OCC(=O)N1CCC(Cc2ccccc2)CC1)c1cc(S(=O)(=O)Nc2ccc(Br)cc2)ccc1Cl. The second-order valence-electron chi connectivity index (χ2n) is 8.84. The van der Waals surface area contributed by atoms with Crippen LogP contribution in [0.5, 0.6) is 0 Å². The molecule has 37 heavy (non-hydrogen) atoms. The van der Waals surface area contributed by atoms with Gasteiger partial charge in [0.05, 0.1) is 15.5 Å². The molecule has 1 aliphatic rings. The number of esters is 1. The highest BCUT2D eigenvalue weighted by atomic mass is 79.9. The maximum absolute atomic E-state index is 12.8. The van der Waals surface area contributed by atoms with Gasteiger partial charge in [0, 0.05) is 23.2 Å². The topological polar surface area (TPSA) is 92.8 Å². The van der Waals surface area contributed by atoms with E-state index in [2.05, 4.69) is 32.8 Å². The van der Waals surface area contributed by atoms with Crippen molar-refractivity contribution in [3.05, 3.63) is 93.4 Å². The Bertz CT molecular complexity index is 1360. The zero-order valence-electron chi connectivity index (χ0n) is 19.9. The van der Waals surface area contributed by atoms with Gasteiger partial charge in [-0.15, -0.1) is 0 Å². The summed E-state index contributed by atoms with van der Waals surface area (Å²) in [5.41, 5.74) is 1.52. The van der Waals surface area contributed by atoms with Crippen molar-refractivity contribution in [2.75, 3.05) is 24.4 Å². The van der Waals surface area contributed by atoms with Crippen molar-refractivity contribution in [1.29, 1.82) is 0 Å². The summed E-state index contributed by atoms with van der Waals surface area (Å²) in [7, 11) is -3.98. The number of likely N-dealkylation sites (tertiary alicyclic amines) is 1. The first kappa shape index (κ1) is 27.2. The van der Waals surface area contributed by atoms with E-state index in [1.54, 1.807) is 29.2 Å². The molecule has 0 radical (unpaired) electrons. The Morgan fingerprint density at radius 3 is 2.35 bits per heavy atom. The third-order valence-electron chi connectivity index (χ3n) is 6.23. The quantitative estimate of drug-likeness (QED) is 0.340. The number of benzene rings is 3. The summed E-state index contributed by atoms with van der Waals surface area (Å²) in [5, 5.41) is 0.0294. The van der Waals surface area contributed by atoms with Gasteiger partial charge in [-0.1, -0.05) is 57.9 Å². The number of anilines is 1. The fraction of sp³-hybridized carbons (Fsp3) is 0.259. The number of nitrogens with one attached hydrogen (secondary N) is 1. The van der Waals surface area contributed by atoms with Crippen LogP contribution >= 0.6 is 27.5 Å². The summed E-state index contributed by atoms with van der Waals surface area (Å²) in [5.74, 6) is -0.648. The standard InChI is InChI=1S/C27H26BrClN2O5S/c28-21-6-8-22(9-7-21)30-37(34,35)23-10-11-25(29)24(17-23)27(33)36-18-26(32)31-14-12-20(13-15-31)16-19-4-2-1-3-5-19/h1-11,17,20,30H,12-16,18H2. The minimum Gasteiger partial charge on any atom is -0.452 e. The molecule has 7 nitrogen and oxygen atoms in total. The molecule has 0 aliphatic carbocycles. The fourth-order valence-corrected chi connectivity index (χ4v) is 5.73. The van der Waals surface area contributed by atoms with Crippen LogP contribution in [0.15, 0.2) is 82.2 Å². The molecule has 3 aromatic rings. The second-order valence-corrected chi connectivity index (χ2v) is 11.8. The van der Waals surface area contributed by atoms with Gasteiger partial charge in [0.2, 0.25) is 0 Å². The Morgan fingerprint density at radius 1 is 1.00 bits per heavy atom. The molecular formula is C27H26BrClN2O5S. The number of hydrogen-bond acceptors (Lipinski definition) is 5. The van der Waals surface area contributed by atoms with Crippen LogP contribution in [0.4, 0.5) is 5.69 Å². The molecule has 0 spiro atoms. The van der Waals surface area contributed by atoms with Gasteiger partial charge < -0.3 is 9.64 Å². The van der Waals surface area contributed by atoms with Crippen LogP contribution < -0.4 is 4.72 Å². The lowest BCUT2D eigenvalue weighted by atomic mass is 9.90. The van der Waals surface area contributed by atoms with E-state index < -0.39 is 22.6 Å². The van der Waals surface area contributed by atoms with Crippen LogP contribution in [0.25, 0.3) is 0 Å². The van der Waals surface area contributed by atoms with Gasteiger partial charge in [-0.2, -0.15) is 0 Å². The minimum atomic E-state index is -3.98. The molecule has 1 aliphatic heterocycles. The maximum atomic E-state index is 12.8. The number of carbonyl (C=O) groups is 2. The summed E-state index contributed by atoms with van der Waals surface area (Å²) in [6, 6.07) is 20.6. The molecule has 0 unspecified atom stereocenters. The summed E-state index contributed by atoms with van der Waals surface area (Å²) < 4.78 is 34.1. The molecule has 0 bridgehead atoms. The zero-order valence-corrected chi connectivity index (χ0v) is 23.1. The van der Waals surface area contributed by atoms with Gasteiger partial charge >= 0.3 is 5.97 Å². The van der Waals surface area contributed by atoms with E-state index in [-0.39, 0.29) is 21.4 Å². The highest BCUT2D eigenvalue weighted by Crippen LogP contribution is 2.25. The average Bonchev–Trinajstić information content (AvgIpc) is 2.89. The predicted molar refractivity (Wildman–Crippen MR) is 146 cm³/mol. The Kier molecular flexibility index (Phi) is 8.89. The van der Waals surface area contributed by atoms with Crippen molar-refractivity contribution in [1.82, 2.24) is 4.90 Å². The number of sulfonamides is 1. The molecule has 0 aromatic heterocycles. The average molecular weight is 606 g/mol. The van der Waals surface area contributed by atoms with Crippen LogP contribution in [-0.4, -0.2) is 44.9 Å². The molecule has 194 valence electrons. The van der Waals surface area contributed by atoms with Crippen LogP contribution in [0.3, 0.4) is 0 Å². The molecule has 1 saturated heterocycles. The predicted octanol–water partition coefficient (Wildman–Crippen LogP) is 5.54. The van der Waals surface area contributed by atoms with Crippen LogP contribution in [0.2, 0.25) is 5.02 Å². The van der Waals surface area contributed by atoms with Crippen molar-refractivity contribution < 1.29 is 22.7 Å². The van der Waals surface area contributed by atoms with Gasteiger partial charge in [0.25, 0.3) is 15.9 Å². The van der Waals surface area contributed by atoms with Gasteiger partial charge in [-0.3, -0.25) is 9.52 Å². The smallest absolute Gasteiger partial charge is 0.340 e. The van der Waals surface area contributed by atoms with E-state index in [0.29, 0.717) is 24.7 Å². The van der Waals surface area contributed by atoms with Crippen molar-refractivity contribution in [2.45, 2.75) is 24.2 Å². The lowest BCUT2D eigenvalue weighted by Gasteiger charge is -2.32. The highest BCUT2D eigenvalue weighted by molar-refractivity contribution is 9.10. The van der Waals surface area contributed by atoms with Crippen molar-refractivity contribution >= 4 is 55.1 Å². The minimum absolute atomic E-state index is 0.0294. The molecule has 1 amide bonds. The van der Waals surface area contributed by atoms with Crippen molar-refractivity contribution in [3.8, 4) is 0 Å². The number of nitrogens with zero attached hydrogens (tertiary/aromatic N) is 1. The van der Waals surface area contributed by atoms with E-state index in [9.17, 15) is 18.0 Å². The first-order chi connectivity index (χ1) is 17.7. The summed E-state index contributed by atoms with van der Waals surface area (Å²) in [4.78, 5) is 26.9. The summed E-state index contributed by atoms with van der Waals surface area (Å²) in [6.45, 7) is 0.765. The number of amides is 1. The number of hydrogen-bond donors (Lipinski definition) is 1. The van der Waals surface area contributed by atoms with Gasteiger partial charge in [-0.05, 0) is 73.2 Å². The molecule has 1 heterocycles. The molecule has 4 rings (SSSR count). The lowest BCUT2D eigenvalue weighted by molar-refractivity contribution is -0.135. The molecule has 0 saturated carbocycles.